The van der Waals surface area contributed by atoms with Gasteiger partial charge in [-0.05, 0) is 33.7 Å². The second-order valence-corrected chi connectivity index (χ2v) is 6.04. The van der Waals surface area contributed by atoms with Crippen molar-refractivity contribution in [3.63, 3.8) is 0 Å². The molecule has 0 amide bonds. The van der Waals surface area contributed by atoms with Gasteiger partial charge in [-0.25, -0.2) is 0 Å². The number of nitrogens with zero attached hydrogens (tertiary/aromatic N) is 1. The fourth-order valence-corrected chi connectivity index (χ4v) is 3.92. The lowest BCUT2D eigenvalue weighted by Crippen LogP contribution is -2.52. The van der Waals surface area contributed by atoms with Crippen LogP contribution in [0.2, 0.25) is 0 Å². The third-order valence-corrected chi connectivity index (χ3v) is 5.07. The largest absolute Gasteiger partial charge is 0.303 e. The summed E-state index contributed by atoms with van der Waals surface area (Å²) >= 11 is 2.14. The Bertz CT molecular complexity index is 197. The lowest BCUT2D eigenvalue weighted by molar-refractivity contribution is 0.155. The molecule has 2 aliphatic heterocycles. The molecule has 0 radical (unpaired) electrons. The number of likely N-dealkylation sites (tertiary alicyclic amines) is 1. The van der Waals surface area contributed by atoms with Crippen LogP contribution >= 0.6 is 11.8 Å². The minimum Gasteiger partial charge on any atom is -0.303 e. The molecule has 3 atom stereocenters. The fourth-order valence-electron chi connectivity index (χ4n) is 2.39. The van der Waals surface area contributed by atoms with Gasteiger partial charge in [-0.15, -0.1) is 11.8 Å². The van der Waals surface area contributed by atoms with Crippen molar-refractivity contribution in [1.82, 2.24) is 10.2 Å². The Morgan fingerprint density at radius 3 is 2.77 bits per heavy atom. The van der Waals surface area contributed by atoms with E-state index in [1.54, 1.807) is 0 Å². The van der Waals surface area contributed by atoms with Crippen LogP contribution in [-0.4, -0.2) is 41.2 Å². The van der Waals surface area contributed by atoms with Gasteiger partial charge >= 0.3 is 0 Å². The molecule has 2 saturated heterocycles. The van der Waals surface area contributed by atoms with Crippen LogP contribution in [0.1, 0.15) is 26.7 Å². The first-order valence-electron chi connectivity index (χ1n) is 5.23. The molecule has 0 aromatic carbocycles. The minimum atomic E-state index is 0.422. The van der Waals surface area contributed by atoms with E-state index < -0.39 is 0 Å². The van der Waals surface area contributed by atoms with Crippen LogP contribution in [0.5, 0.6) is 0 Å². The molecule has 0 aliphatic carbocycles. The number of thioether (sulfide) groups is 1. The fraction of sp³-hybridized carbons (Fsp3) is 1.00. The summed E-state index contributed by atoms with van der Waals surface area (Å²) in [4.78, 5) is 2.89. The first kappa shape index (κ1) is 9.81. The van der Waals surface area contributed by atoms with E-state index in [0.717, 1.165) is 6.04 Å². The summed E-state index contributed by atoms with van der Waals surface area (Å²) in [5.74, 6) is 1.29. The highest BCUT2D eigenvalue weighted by Gasteiger charge is 2.41. The number of hydrogen-bond donors (Lipinski definition) is 1. The second-order valence-electron chi connectivity index (χ2n) is 4.63. The maximum absolute atomic E-state index is 3.76. The van der Waals surface area contributed by atoms with Crippen molar-refractivity contribution >= 4 is 11.8 Å². The third-order valence-electron chi connectivity index (χ3n) is 3.37. The van der Waals surface area contributed by atoms with Gasteiger partial charge in [-0.2, -0.15) is 0 Å². The van der Waals surface area contributed by atoms with E-state index in [-0.39, 0.29) is 0 Å². The normalized spacial score (nSPS) is 47.3. The second kappa shape index (κ2) is 3.44. The smallest absolute Gasteiger partial charge is 0.0675 e. The van der Waals surface area contributed by atoms with Gasteiger partial charge in [0.15, 0.2) is 0 Å². The van der Waals surface area contributed by atoms with Crippen LogP contribution in [0, 0.1) is 0 Å². The molecule has 0 saturated carbocycles. The van der Waals surface area contributed by atoms with Gasteiger partial charge in [0.05, 0.1) is 4.87 Å². The van der Waals surface area contributed by atoms with E-state index in [4.69, 9.17) is 0 Å². The number of rotatable bonds is 0. The first-order valence-corrected chi connectivity index (χ1v) is 6.22. The Hall–Kier alpha value is 0.270. The number of piperidine rings is 1. The highest BCUT2D eigenvalue weighted by Crippen LogP contribution is 2.40. The van der Waals surface area contributed by atoms with Crippen molar-refractivity contribution in [3.8, 4) is 0 Å². The molecular formula is C10H20N2S. The predicted octanol–water partition coefficient (Wildman–Crippen LogP) is 1.52. The average Bonchev–Trinajstić information content (AvgIpc) is 2.42. The molecule has 1 N–H and O–H groups in total. The standard InChI is InChI=1S/C10H20N2S/c1-8-7-13-10(11-8)4-5-12(3)9(2)6-10/h8-9,11H,4-7H2,1-3H3. The van der Waals surface area contributed by atoms with Crippen molar-refractivity contribution in [2.45, 2.75) is 43.6 Å². The summed E-state index contributed by atoms with van der Waals surface area (Å²) in [5.41, 5.74) is 0. The SMILES string of the molecule is CC1CSC2(CCN(C)C(C)C2)N1. The first-order chi connectivity index (χ1) is 6.11. The summed E-state index contributed by atoms with van der Waals surface area (Å²) in [5, 5.41) is 3.76. The summed E-state index contributed by atoms with van der Waals surface area (Å²) in [7, 11) is 2.24. The molecule has 3 heteroatoms. The van der Waals surface area contributed by atoms with Crippen molar-refractivity contribution in [2.24, 2.45) is 0 Å². The zero-order chi connectivity index (χ0) is 9.47. The Labute approximate surface area is 85.4 Å². The maximum Gasteiger partial charge on any atom is 0.0675 e. The molecule has 2 fully saturated rings. The molecule has 0 aromatic heterocycles. The van der Waals surface area contributed by atoms with Crippen LogP contribution in [0.25, 0.3) is 0 Å². The zero-order valence-electron chi connectivity index (χ0n) is 8.84. The molecule has 13 heavy (non-hydrogen) atoms. The topological polar surface area (TPSA) is 15.3 Å². The van der Waals surface area contributed by atoms with Gasteiger partial charge in [0, 0.05) is 24.4 Å². The lowest BCUT2D eigenvalue weighted by Gasteiger charge is -2.42. The third kappa shape index (κ3) is 1.88. The Morgan fingerprint density at radius 1 is 1.46 bits per heavy atom. The molecule has 2 rings (SSSR count). The Morgan fingerprint density at radius 2 is 2.23 bits per heavy atom. The number of hydrogen-bond acceptors (Lipinski definition) is 3. The van der Waals surface area contributed by atoms with Gasteiger partial charge in [0.25, 0.3) is 0 Å². The zero-order valence-corrected chi connectivity index (χ0v) is 9.66. The van der Waals surface area contributed by atoms with Crippen molar-refractivity contribution in [1.29, 1.82) is 0 Å². The van der Waals surface area contributed by atoms with Crippen LogP contribution < -0.4 is 5.32 Å². The van der Waals surface area contributed by atoms with Crippen LogP contribution in [0.4, 0.5) is 0 Å². The van der Waals surface area contributed by atoms with Gasteiger partial charge in [0.1, 0.15) is 0 Å². The van der Waals surface area contributed by atoms with E-state index in [1.807, 2.05) is 0 Å². The van der Waals surface area contributed by atoms with E-state index in [1.165, 1.54) is 25.1 Å². The average molecular weight is 200 g/mol. The van der Waals surface area contributed by atoms with Crippen LogP contribution in [0.3, 0.4) is 0 Å². The van der Waals surface area contributed by atoms with Gasteiger partial charge in [-0.1, -0.05) is 0 Å². The monoisotopic (exact) mass is 200 g/mol. The quantitative estimate of drug-likeness (QED) is 0.638. The number of nitrogens with one attached hydrogen (secondary N) is 1. The summed E-state index contributed by atoms with van der Waals surface area (Å²) in [6.45, 7) is 5.88. The molecule has 2 heterocycles. The molecule has 3 unspecified atom stereocenters. The van der Waals surface area contributed by atoms with Crippen LogP contribution in [0.15, 0.2) is 0 Å². The highest BCUT2D eigenvalue weighted by atomic mass is 32.2. The molecule has 2 aliphatic rings. The lowest BCUT2D eigenvalue weighted by atomic mass is 9.97. The van der Waals surface area contributed by atoms with E-state index in [9.17, 15) is 0 Å². The van der Waals surface area contributed by atoms with Gasteiger partial charge < -0.3 is 4.90 Å². The predicted molar refractivity (Wildman–Crippen MR) is 59.1 cm³/mol. The van der Waals surface area contributed by atoms with Crippen molar-refractivity contribution in [2.75, 3.05) is 19.3 Å². The minimum absolute atomic E-state index is 0.422. The molecular weight excluding hydrogens is 180 g/mol. The van der Waals surface area contributed by atoms with Crippen molar-refractivity contribution < 1.29 is 0 Å². The molecule has 76 valence electrons. The highest BCUT2D eigenvalue weighted by molar-refractivity contribution is 8.00. The summed E-state index contributed by atoms with van der Waals surface area (Å²) in [6.07, 6.45) is 2.61. The van der Waals surface area contributed by atoms with Crippen molar-refractivity contribution in [3.05, 3.63) is 0 Å². The molecule has 0 aromatic rings. The summed E-state index contributed by atoms with van der Waals surface area (Å²) < 4.78 is 0. The molecule has 1 spiro atoms. The van der Waals surface area contributed by atoms with E-state index >= 15 is 0 Å². The van der Waals surface area contributed by atoms with Crippen LogP contribution in [-0.2, 0) is 0 Å². The van der Waals surface area contributed by atoms with Gasteiger partial charge in [0.2, 0.25) is 0 Å². The van der Waals surface area contributed by atoms with Gasteiger partial charge in [-0.3, -0.25) is 5.32 Å². The summed E-state index contributed by atoms with van der Waals surface area (Å²) in [6, 6.07) is 1.44. The Kier molecular flexibility index (Phi) is 2.60. The molecule has 0 bridgehead atoms. The molecule has 2 nitrogen and oxygen atoms in total. The maximum atomic E-state index is 3.76. The van der Waals surface area contributed by atoms with E-state index in [0.29, 0.717) is 10.9 Å². The van der Waals surface area contributed by atoms with E-state index in [2.05, 4.69) is 42.9 Å². The Balaban J connectivity index is 2.01.